The van der Waals surface area contributed by atoms with Gasteiger partial charge in [0.05, 0.1) is 27.7 Å². The number of H-pyrrole nitrogens is 1. The highest BCUT2D eigenvalue weighted by molar-refractivity contribution is 6.35. The van der Waals surface area contributed by atoms with Gasteiger partial charge in [-0.1, -0.05) is 23.7 Å². The Morgan fingerprint density at radius 3 is 2.80 bits per heavy atom. The first-order valence-electron chi connectivity index (χ1n) is 10.5. The molecule has 35 heavy (non-hydrogen) atoms. The summed E-state index contributed by atoms with van der Waals surface area (Å²) < 4.78 is 44.4. The van der Waals surface area contributed by atoms with Crippen molar-refractivity contribution in [3.8, 4) is 11.5 Å². The van der Waals surface area contributed by atoms with E-state index < -0.39 is 11.7 Å². The summed E-state index contributed by atoms with van der Waals surface area (Å²) in [6, 6.07) is 5.07. The van der Waals surface area contributed by atoms with Gasteiger partial charge in [0.15, 0.2) is 17.4 Å². The standard InChI is InChI=1S/C23H16ClF3N6O2/c1-11(6-17(34)20-19(24)21(31-10-30-20)22-28-4-5-29-22)15-9-18(35-33-15)16-8-12-7-13(23(25,26)27)2-3-14(12)32-16/h2-5,7,9-11H,6,8H2,1H3,(H,28,29)/t11-/m1/s1. The SMILES string of the molecule is C[C@H](CC(=O)c1ncnc(-c2ncc[nH]2)c1Cl)c1cc(C2=Nc3ccc(C(F)(F)F)cc3C2)on1. The van der Waals surface area contributed by atoms with Gasteiger partial charge >= 0.3 is 6.18 Å². The van der Waals surface area contributed by atoms with E-state index in [-0.39, 0.29) is 35.3 Å². The second kappa shape index (κ2) is 8.73. The smallest absolute Gasteiger partial charge is 0.355 e. The predicted octanol–water partition coefficient (Wildman–Crippen LogP) is 5.58. The first-order chi connectivity index (χ1) is 16.7. The molecule has 0 bridgehead atoms. The number of aliphatic imine (C=N–C) groups is 1. The molecule has 178 valence electrons. The molecule has 0 aliphatic carbocycles. The number of nitrogens with zero attached hydrogens (tertiary/aromatic N) is 5. The maximum atomic E-state index is 13.0. The lowest BCUT2D eigenvalue weighted by atomic mass is 9.98. The number of aromatic amines is 1. The fourth-order valence-electron chi connectivity index (χ4n) is 3.78. The van der Waals surface area contributed by atoms with Crippen molar-refractivity contribution < 1.29 is 22.5 Å². The Labute approximate surface area is 201 Å². The topological polar surface area (TPSA) is 110 Å². The van der Waals surface area contributed by atoms with Gasteiger partial charge in [0.1, 0.15) is 17.7 Å². The third-order valence-electron chi connectivity index (χ3n) is 5.61. The molecule has 4 heterocycles. The summed E-state index contributed by atoms with van der Waals surface area (Å²) in [5.41, 5.74) is 1.55. The number of Topliss-reactive ketones (excluding diaryl/α,β-unsaturated/α-hetero) is 1. The molecule has 1 N–H and O–H groups in total. The fraction of sp³-hybridized carbons (Fsp3) is 0.217. The second-order valence-corrected chi connectivity index (χ2v) is 8.42. The minimum atomic E-state index is -4.43. The van der Waals surface area contributed by atoms with E-state index in [2.05, 4.69) is 30.1 Å². The largest absolute Gasteiger partial charge is 0.416 e. The maximum absolute atomic E-state index is 13.0. The van der Waals surface area contributed by atoms with Crippen LogP contribution >= 0.6 is 11.6 Å². The van der Waals surface area contributed by atoms with E-state index in [1.807, 2.05) is 0 Å². The first-order valence-corrected chi connectivity index (χ1v) is 10.9. The third-order valence-corrected chi connectivity index (χ3v) is 5.96. The third kappa shape index (κ3) is 4.46. The average molecular weight is 501 g/mol. The Bertz CT molecular complexity index is 1450. The van der Waals surface area contributed by atoms with Crippen LogP contribution in [-0.4, -0.2) is 36.6 Å². The molecule has 3 aromatic heterocycles. The lowest BCUT2D eigenvalue weighted by molar-refractivity contribution is -0.137. The molecule has 1 aliphatic heterocycles. The molecule has 4 aromatic rings. The van der Waals surface area contributed by atoms with Gasteiger partial charge in [-0.05, 0) is 23.8 Å². The Balaban J connectivity index is 1.30. The van der Waals surface area contributed by atoms with Crippen LogP contribution in [0, 0.1) is 0 Å². The lowest BCUT2D eigenvalue weighted by Gasteiger charge is -2.08. The summed E-state index contributed by atoms with van der Waals surface area (Å²) in [6.07, 6.45) is 0.208. The van der Waals surface area contributed by atoms with Crippen molar-refractivity contribution in [2.75, 3.05) is 0 Å². The van der Waals surface area contributed by atoms with Crippen molar-refractivity contribution in [2.24, 2.45) is 4.99 Å². The van der Waals surface area contributed by atoms with Gasteiger partial charge in [0, 0.05) is 37.2 Å². The fourth-order valence-corrected chi connectivity index (χ4v) is 4.07. The van der Waals surface area contributed by atoms with E-state index in [0.717, 1.165) is 12.1 Å². The number of hydrogen-bond acceptors (Lipinski definition) is 7. The molecular formula is C23H16ClF3N6O2. The number of rotatable bonds is 6. The Hall–Kier alpha value is -3.86. The minimum absolute atomic E-state index is 0.0436. The minimum Gasteiger partial charge on any atom is -0.355 e. The van der Waals surface area contributed by atoms with Crippen molar-refractivity contribution in [3.63, 3.8) is 0 Å². The molecule has 0 radical (unpaired) electrons. The summed E-state index contributed by atoms with van der Waals surface area (Å²) in [4.78, 5) is 32.4. The van der Waals surface area contributed by atoms with E-state index >= 15 is 0 Å². The van der Waals surface area contributed by atoms with Gasteiger partial charge in [0.25, 0.3) is 0 Å². The molecule has 0 saturated heterocycles. The summed E-state index contributed by atoms with van der Waals surface area (Å²) in [5, 5.41) is 4.13. The van der Waals surface area contributed by atoms with Crippen LogP contribution in [-0.2, 0) is 12.6 Å². The van der Waals surface area contributed by atoms with Crippen LogP contribution in [0.25, 0.3) is 11.5 Å². The number of fused-ring (bicyclic) bond motifs is 1. The molecule has 1 aromatic carbocycles. The number of carbonyl (C=O) groups excluding carboxylic acids is 1. The van der Waals surface area contributed by atoms with Crippen molar-refractivity contribution in [2.45, 2.75) is 31.9 Å². The zero-order valence-corrected chi connectivity index (χ0v) is 18.9. The number of halogens is 4. The van der Waals surface area contributed by atoms with Crippen molar-refractivity contribution in [1.29, 1.82) is 0 Å². The van der Waals surface area contributed by atoms with Gasteiger partial charge in [-0.25, -0.2) is 19.9 Å². The van der Waals surface area contributed by atoms with Gasteiger partial charge in [0.2, 0.25) is 0 Å². The Morgan fingerprint density at radius 2 is 2.06 bits per heavy atom. The van der Waals surface area contributed by atoms with Gasteiger partial charge < -0.3 is 9.51 Å². The van der Waals surface area contributed by atoms with E-state index in [4.69, 9.17) is 16.1 Å². The molecule has 5 rings (SSSR count). The van der Waals surface area contributed by atoms with Crippen LogP contribution in [0.3, 0.4) is 0 Å². The first kappa shape index (κ1) is 22.9. The van der Waals surface area contributed by atoms with Gasteiger partial charge in [-0.3, -0.25) is 4.79 Å². The van der Waals surface area contributed by atoms with Crippen LogP contribution in [0.5, 0.6) is 0 Å². The second-order valence-electron chi connectivity index (χ2n) is 8.04. The summed E-state index contributed by atoms with van der Waals surface area (Å²) in [6.45, 7) is 1.79. The van der Waals surface area contributed by atoms with Crippen LogP contribution in [0.4, 0.5) is 18.9 Å². The highest BCUT2D eigenvalue weighted by Crippen LogP contribution is 2.36. The molecule has 0 spiro atoms. The molecule has 8 nitrogen and oxygen atoms in total. The maximum Gasteiger partial charge on any atom is 0.416 e. The van der Waals surface area contributed by atoms with Crippen molar-refractivity contribution >= 4 is 28.8 Å². The number of hydrogen-bond donors (Lipinski definition) is 1. The van der Waals surface area contributed by atoms with Crippen LogP contribution in [0.2, 0.25) is 5.02 Å². The van der Waals surface area contributed by atoms with Gasteiger partial charge in [-0.2, -0.15) is 13.2 Å². The van der Waals surface area contributed by atoms with Crippen molar-refractivity contribution in [1.82, 2.24) is 25.1 Å². The molecule has 0 fully saturated rings. The van der Waals surface area contributed by atoms with Crippen molar-refractivity contribution in [3.05, 3.63) is 76.3 Å². The number of benzene rings is 1. The normalized spacial score (nSPS) is 14.0. The van der Waals surface area contributed by atoms with E-state index in [0.29, 0.717) is 39.9 Å². The zero-order valence-electron chi connectivity index (χ0n) is 18.1. The molecular weight excluding hydrogens is 485 g/mol. The molecule has 0 amide bonds. The zero-order chi connectivity index (χ0) is 24.7. The Morgan fingerprint density at radius 1 is 1.23 bits per heavy atom. The highest BCUT2D eigenvalue weighted by Gasteiger charge is 2.32. The number of nitrogens with one attached hydrogen (secondary N) is 1. The molecule has 1 atom stereocenters. The predicted molar refractivity (Wildman–Crippen MR) is 120 cm³/mol. The lowest BCUT2D eigenvalue weighted by Crippen LogP contribution is -2.09. The number of alkyl halides is 3. The van der Waals surface area contributed by atoms with E-state index in [1.165, 1.54) is 12.4 Å². The number of aromatic nitrogens is 5. The molecule has 0 unspecified atom stereocenters. The molecule has 0 saturated carbocycles. The highest BCUT2D eigenvalue weighted by atomic mass is 35.5. The summed E-state index contributed by atoms with van der Waals surface area (Å²) in [7, 11) is 0. The number of ketones is 1. The molecule has 12 heteroatoms. The number of imidazole rings is 1. The Kier molecular flexibility index (Phi) is 5.72. The quantitative estimate of drug-likeness (QED) is 0.346. The summed E-state index contributed by atoms with van der Waals surface area (Å²) in [5.74, 6) is 0.0948. The van der Waals surface area contributed by atoms with Gasteiger partial charge in [-0.15, -0.1) is 0 Å². The van der Waals surface area contributed by atoms with E-state index in [1.54, 1.807) is 25.4 Å². The number of carbonyl (C=O) groups is 1. The van der Waals surface area contributed by atoms with Crippen LogP contribution in [0.1, 0.15) is 52.3 Å². The van der Waals surface area contributed by atoms with E-state index in [9.17, 15) is 18.0 Å². The van der Waals surface area contributed by atoms with Crippen LogP contribution < -0.4 is 0 Å². The average Bonchev–Trinajstić information content (AvgIpc) is 3.58. The summed E-state index contributed by atoms with van der Waals surface area (Å²) >= 11 is 6.37. The monoisotopic (exact) mass is 500 g/mol. The van der Waals surface area contributed by atoms with Crippen LogP contribution in [0.15, 0.2) is 52.5 Å². The molecule has 1 aliphatic rings.